The lowest BCUT2D eigenvalue weighted by atomic mass is 10.0. The Labute approximate surface area is 92.1 Å². The predicted molar refractivity (Wildman–Crippen MR) is 61.0 cm³/mol. The van der Waals surface area contributed by atoms with Crippen LogP contribution >= 0.6 is 11.8 Å². The highest BCUT2D eigenvalue weighted by Gasteiger charge is 2.15. The van der Waals surface area contributed by atoms with Crippen molar-refractivity contribution in [3.05, 3.63) is 11.6 Å². The van der Waals surface area contributed by atoms with Crippen molar-refractivity contribution >= 4 is 11.8 Å². The van der Waals surface area contributed by atoms with Crippen LogP contribution in [0.2, 0.25) is 0 Å². The van der Waals surface area contributed by atoms with Crippen LogP contribution in [-0.4, -0.2) is 31.8 Å². The van der Waals surface area contributed by atoms with E-state index < -0.39 is 0 Å². The largest absolute Gasteiger partial charge is 0.380 e. The molecule has 1 N–H and O–H groups in total. The van der Waals surface area contributed by atoms with Crippen molar-refractivity contribution in [2.75, 3.05) is 20.8 Å². The number of halogens is 1. The fraction of sp³-hybridized carbons (Fsp3) is 0.800. The highest BCUT2D eigenvalue weighted by Crippen LogP contribution is 2.11. The van der Waals surface area contributed by atoms with Gasteiger partial charge in [-0.2, -0.15) is 4.94 Å². The highest BCUT2D eigenvalue weighted by atomic mass is 35.5. The summed E-state index contributed by atoms with van der Waals surface area (Å²) in [6.45, 7) is 7.04. The van der Waals surface area contributed by atoms with Gasteiger partial charge in [0.1, 0.15) is 0 Å². The number of nitrogens with zero attached hydrogens (tertiary/aromatic N) is 1. The third-order valence-electron chi connectivity index (χ3n) is 2.09. The van der Waals surface area contributed by atoms with E-state index in [0.717, 1.165) is 0 Å². The number of hydrazine groups is 1. The first-order valence-corrected chi connectivity index (χ1v) is 5.16. The zero-order valence-electron chi connectivity index (χ0n) is 9.67. The van der Waals surface area contributed by atoms with Crippen molar-refractivity contribution < 1.29 is 4.74 Å². The van der Waals surface area contributed by atoms with Gasteiger partial charge in [0.2, 0.25) is 0 Å². The molecule has 0 unspecified atom stereocenters. The number of hydrogen-bond donors (Lipinski definition) is 1. The van der Waals surface area contributed by atoms with Gasteiger partial charge in [-0.05, 0) is 24.6 Å². The molecule has 0 aliphatic heterocycles. The molecular formula is C10H21ClN2O. The van der Waals surface area contributed by atoms with Crippen LogP contribution in [-0.2, 0) is 4.74 Å². The molecule has 0 aromatic heterocycles. The average molecular weight is 221 g/mol. The molecule has 4 heteroatoms. The summed E-state index contributed by atoms with van der Waals surface area (Å²) in [4.78, 5) is 2.61. The molecule has 14 heavy (non-hydrogen) atoms. The lowest BCUT2D eigenvalue weighted by Gasteiger charge is -2.27. The van der Waals surface area contributed by atoms with E-state index in [2.05, 4.69) is 31.8 Å². The third-order valence-corrected chi connectivity index (χ3v) is 2.36. The molecule has 0 aromatic carbocycles. The van der Waals surface area contributed by atoms with Gasteiger partial charge in [0.25, 0.3) is 0 Å². The van der Waals surface area contributed by atoms with Crippen molar-refractivity contribution in [1.29, 1.82) is 0 Å². The Balaban J connectivity index is 4.42. The number of ether oxygens (including phenoxy) is 1. The summed E-state index contributed by atoms with van der Waals surface area (Å²) in [5.41, 5.74) is 1.21. The molecule has 84 valence electrons. The zero-order chi connectivity index (χ0) is 11.1. The van der Waals surface area contributed by atoms with E-state index in [1.807, 2.05) is 12.1 Å². The van der Waals surface area contributed by atoms with Crippen LogP contribution in [0.25, 0.3) is 0 Å². The SMILES string of the molecule is COC/C(C)=C/[C@H](C(C)C)N(C)NCl. The lowest BCUT2D eigenvalue weighted by molar-refractivity contribution is 0.200. The predicted octanol–water partition coefficient (Wildman–Crippen LogP) is 2.19. The summed E-state index contributed by atoms with van der Waals surface area (Å²) in [7, 11) is 3.62. The van der Waals surface area contributed by atoms with Gasteiger partial charge in [-0.25, -0.2) is 5.01 Å². The highest BCUT2D eigenvalue weighted by molar-refractivity contribution is 6.13. The molecule has 0 aliphatic carbocycles. The molecule has 0 amide bonds. The van der Waals surface area contributed by atoms with Crippen LogP contribution in [0, 0.1) is 5.92 Å². The minimum absolute atomic E-state index is 0.280. The van der Waals surface area contributed by atoms with Gasteiger partial charge in [0, 0.05) is 20.2 Å². The van der Waals surface area contributed by atoms with Gasteiger partial charge < -0.3 is 4.74 Å². The van der Waals surface area contributed by atoms with E-state index in [1.54, 1.807) is 7.11 Å². The van der Waals surface area contributed by atoms with Gasteiger partial charge in [0.15, 0.2) is 0 Å². The second-order valence-electron chi connectivity index (χ2n) is 3.88. The summed E-state index contributed by atoms with van der Waals surface area (Å²) in [6.07, 6.45) is 2.17. The molecule has 0 aromatic rings. The van der Waals surface area contributed by atoms with Gasteiger partial charge in [-0.3, -0.25) is 0 Å². The lowest BCUT2D eigenvalue weighted by Crippen LogP contribution is -2.40. The fourth-order valence-corrected chi connectivity index (χ4v) is 1.49. The molecule has 0 fully saturated rings. The molecule has 0 spiro atoms. The van der Waals surface area contributed by atoms with E-state index in [4.69, 9.17) is 16.5 Å². The second-order valence-corrected chi connectivity index (χ2v) is 4.05. The molecule has 0 heterocycles. The van der Waals surface area contributed by atoms with Crippen LogP contribution < -0.4 is 4.94 Å². The maximum absolute atomic E-state index is 5.57. The topological polar surface area (TPSA) is 24.5 Å². The minimum Gasteiger partial charge on any atom is -0.380 e. The number of methoxy groups -OCH3 is 1. The Morgan fingerprint density at radius 1 is 1.57 bits per heavy atom. The first-order chi connectivity index (χ1) is 6.52. The summed E-state index contributed by atoms with van der Waals surface area (Å²) >= 11 is 5.57. The van der Waals surface area contributed by atoms with Crippen molar-refractivity contribution in [2.45, 2.75) is 26.8 Å². The molecule has 0 saturated carbocycles. The quantitative estimate of drug-likeness (QED) is 0.422. The molecule has 3 nitrogen and oxygen atoms in total. The molecule has 0 saturated heterocycles. The van der Waals surface area contributed by atoms with Crippen molar-refractivity contribution in [3.63, 3.8) is 0 Å². The second kappa shape index (κ2) is 7.23. The average Bonchev–Trinajstić information content (AvgIpc) is 2.13. The normalized spacial score (nSPS) is 15.3. The molecular weight excluding hydrogens is 200 g/mol. The van der Waals surface area contributed by atoms with Gasteiger partial charge in [0.05, 0.1) is 6.61 Å². The fourth-order valence-electron chi connectivity index (χ4n) is 1.38. The Hall–Kier alpha value is -0.0900. The van der Waals surface area contributed by atoms with Gasteiger partial charge in [-0.15, -0.1) is 0 Å². The maximum atomic E-state index is 5.57. The summed E-state index contributed by atoms with van der Waals surface area (Å²) in [6, 6.07) is 0.280. The molecule has 0 rings (SSSR count). The van der Waals surface area contributed by atoms with Crippen LogP contribution in [0.15, 0.2) is 11.6 Å². The summed E-state index contributed by atoms with van der Waals surface area (Å²) in [5, 5.41) is 1.88. The monoisotopic (exact) mass is 220 g/mol. The van der Waals surface area contributed by atoms with E-state index in [1.165, 1.54) is 5.57 Å². The van der Waals surface area contributed by atoms with Gasteiger partial charge >= 0.3 is 0 Å². The number of nitrogens with one attached hydrogen (secondary N) is 1. The summed E-state index contributed by atoms with van der Waals surface area (Å²) in [5.74, 6) is 0.498. The Kier molecular flexibility index (Phi) is 7.19. The maximum Gasteiger partial charge on any atom is 0.0670 e. The minimum atomic E-state index is 0.280. The van der Waals surface area contributed by atoms with Crippen molar-refractivity contribution in [2.24, 2.45) is 5.92 Å². The molecule has 0 radical (unpaired) electrons. The van der Waals surface area contributed by atoms with Crippen molar-refractivity contribution in [3.8, 4) is 0 Å². The van der Waals surface area contributed by atoms with Crippen molar-refractivity contribution in [1.82, 2.24) is 9.95 Å². The standard InChI is InChI=1S/C10H21ClN2O/c1-8(2)10(13(4)12-11)6-9(3)7-14-5/h6,8,10,12H,7H2,1-5H3/b9-6+/t10-/m1/s1. The first kappa shape index (κ1) is 13.9. The molecule has 1 atom stereocenters. The van der Waals surface area contributed by atoms with Crippen LogP contribution in [0.1, 0.15) is 20.8 Å². The Morgan fingerprint density at radius 2 is 2.14 bits per heavy atom. The molecule has 0 bridgehead atoms. The third kappa shape index (κ3) is 4.96. The van der Waals surface area contributed by atoms with E-state index in [9.17, 15) is 0 Å². The van der Waals surface area contributed by atoms with E-state index in [-0.39, 0.29) is 6.04 Å². The number of rotatable bonds is 6. The van der Waals surface area contributed by atoms with Crippen LogP contribution in [0.3, 0.4) is 0 Å². The van der Waals surface area contributed by atoms with Crippen LogP contribution in [0.5, 0.6) is 0 Å². The van der Waals surface area contributed by atoms with Gasteiger partial charge in [-0.1, -0.05) is 25.5 Å². The number of hydrogen-bond acceptors (Lipinski definition) is 3. The van der Waals surface area contributed by atoms with E-state index in [0.29, 0.717) is 12.5 Å². The van der Waals surface area contributed by atoms with E-state index >= 15 is 0 Å². The zero-order valence-corrected chi connectivity index (χ0v) is 10.4. The Morgan fingerprint density at radius 3 is 2.50 bits per heavy atom. The Bertz CT molecular complexity index is 183. The number of likely N-dealkylation sites (N-methyl/N-ethyl adjacent to an activating group) is 1. The summed E-state index contributed by atoms with van der Waals surface area (Å²) < 4.78 is 5.06. The smallest absolute Gasteiger partial charge is 0.0670 e. The first-order valence-electron chi connectivity index (χ1n) is 4.78. The van der Waals surface area contributed by atoms with Crippen LogP contribution in [0.4, 0.5) is 0 Å². The molecule has 0 aliphatic rings.